The summed E-state index contributed by atoms with van der Waals surface area (Å²) in [4.78, 5) is 4.81. The molecule has 0 aliphatic carbocycles. The van der Waals surface area contributed by atoms with Gasteiger partial charge in [0.25, 0.3) is 0 Å². The maximum absolute atomic E-state index is 4.81. The maximum atomic E-state index is 4.81. The van der Waals surface area contributed by atoms with Gasteiger partial charge in [-0.2, -0.15) is 5.10 Å². The minimum atomic E-state index is 0.585. The van der Waals surface area contributed by atoms with Crippen molar-refractivity contribution in [1.82, 2.24) is 14.8 Å². The number of hydrogen-bond donors (Lipinski definition) is 0. The van der Waals surface area contributed by atoms with Gasteiger partial charge in [-0.1, -0.05) is 44.2 Å². The second kappa shape index (κ2) is 6.75. The van der Waals surface area contributed by atoms with Crippen molar-refractivity contribution in [1.29, 1.82) is 0 Å². The van der Waals surface area contributed by atoms with Crippen LogP contribution in [-0.4, -0.2) is 14.8 Å². The molecule has 2 heterocycles. The van der Waals surface area contributed by atoms with Crippen LogP contribution in [0, 0.1) is 6.92 Å². The number of aromatic nitrogens is 3. The van der Waals surface area contributed by atoms with Crippen LogP contribution in [0.15, 0.2) is 67.0 Å². The number of aryl methyl sites for hydroxylation is 1. The predicted octanol–water partition coefficient (Wildman–Crippen LogP) is 5.91. The lowest BCUT2D eigenvalue weighted by atomic mass is 9.99. The Morgan fingerprint density at radius 1 is 1.04 bits per heavy atom. The molecule has 0 radical (unpaired) electrons. The normalized spacial score (nSPS) is 12.4. The summed E-state index contributed by atoms with van der Waals surface area (Å²) >= 11 is 0. The van der Waals surface area contributed by atoms with E-state index in [0.717, 1.165) is 28.9 Å². The van der Waals surface area contributed by atoms with Gasteiger partial charge in [0.1, 0.15) is 0 Å². The molecule has 0 amide bonds. The van der Waals surface area contributed by atoms with Crippen molar-refractivity contribution in [2.45, 2.75) is 33.1 Å². The van der Waals surface area contributed by atoms with E-state index in [2.05, 4.69) is 80.6 Å². The number of rotatable bonds is 4. The van der Waals surface area contributed by atoms with Crippen LogP contribution in [0.1, 0.15) is 37.3 Å². The third-order valence-corrected chi connectivity index (χ3v) is 5.14. The Kier molecular flexibility index (Phi) is 4.29. The lowest BCUT2D eigenvalue weighted by Crippen LogP contribution is -1.96. The van der Waals surface area contributed by atoms with E-state index in [4.69, 9.17) is 4.98 Å². The molecule has 0 saturated heterocycles. The number of nitrogens with zero attached hydrogens (tertiary/aromatic N) is 3. The molecular formula is C23H23N3. The maximum Gasteiger partial charge on any atom is 0.0744 e. The van der Waals surface area contributed by atoms with Crippen molar-refractivity contribution >= 4 is 10.9 Å². The van der Waals surface area contributed by atoms with Crippen molar-refractivity contribution in [3.05, 3.63) is 78.1 Å². The van der Waals surface area contributed by atoms with Crippen LogP contribution in [0.3, 0.4) is 0 Å². The molecule has 2 aromatic heterocycles. The van der Waals surface area contributed by atoms with E-state index in [9.17, 15) is 0 Å². The Bertz CT molecular complexity index is 1040. The number of hydrogen-bond acceptors (Lipinski definition) is 2. The van der Waals surface area contributed by atoms with Crippen LogP contribution < -0.4 is 0 Å². The van der Waals surface area contributed by atoms with Crippen LogP contribution in [0.5, 0.6) is 0 Å². The molecule has 0 bridgehead atoms. The summed E-state index contributed by atoms with van der Waals surface area (Å²) in [6.07, 6.45) is 5.09. The zero-order valence-electron chi connectivity index (χ0n) is 15.5. The van der Waals surface area contributed by atoms with E-state index in [0.29, 0.717) is 5.92 Å². The first-order valence-electron chi connectivity index (χ1n) is 9.17. The van der Waals surface area contributed by atoms with Crippen molar-refractivity contribution in [3.63, 3.8) is 0 Å². The van der Waals surface area contributed by atoms with Gasteiger partial charge in [-0.05, 0) is 54.7 Å². The van der Waals surface area contributed by atoms with Crippen molar-refractivity contribution in [2.24, 2.45) is 0 Å². The van der Waals surface area contributed by atoms with E-state index in [1.807, 2.05) is 16.9 Å². The highest BCUT2D eigenvalue weighted by molar-refractivity contribution is 5.84. The zero-order chi connectivity index (χ0) is 18.1. The fraction of sp³-hybridized carbons (Fsp3) is 0.217. The van der Waals surface area contributed by atoms with Gasteiger partial charge in [0.15, 0.2) is 0 Å². The monoisotopic (exact) mass is 341 g/mol. The quantitative estimate of drug-likeness (QED) is 0.462. The summed E-state index contributed by atoms with van der Waals surface area (Å²) in [5, 5.41) is 5.74. The Morgan fingerprint density at radius 2 is 1.81 bits per heavy atom. The van der Waals surface area contributed by atoms with Gasteiger partial charge in [0.2, 0.25) is 0 Å². The molecule has 0 N–H and O–H groups in total. The third-order valence-electron chi connectivity index (χ3n) is 5.14. The molecular weight excluding hydrogens is 318 g/mol. The highest BCUT2D eigenvalue weighted by atomic mass is 15.3. The average Bonchev–Trinajstić information content (AvgIpc) is 3.18. The van der Waals surface area contributed by atoms with E-state index in [-0.39, 0.29) is 0 Å². The highest BCUT2D eigenvalue weighted by Crippen LogP contribution is 2.25. The average molecular weight is 341 g/mol. The van der Waals surface area contributed by atoms with Gasteiger partial charge in [-0.25, -0.2) is 9.67 Å². The molecule has 26 heavy (non-hydrogen) atoms. The van der Waals surface area contributed by atoms with Crippen LogP contribution in [0.4, 0.5) is 0 Å². The summed E-state index contributed by atoms with van der Waals surface area (Å²) < 4.78 is 1.92. The molecule has 0 aliphatic rings. The number of benzene rings is 2. The summed E-state index contributed by atoms with van der Waals surface area (Å²) in [7, 11) is 0. The molecule has 1 atom stereocenters. The largest absolute Gasteiger partial charge is 0.248 e. The molecule has 4 aromatic rings. The first kappa shape index (κ1) is 16.5. The van der Waals surface area contributed by atoms with Crippen LogP contribution in [0.25, 0.3) is 27.8 Å². The molecule has 4 rings (SSSR count). The number of para-hydroxylation sites is 1. The molecule has 3 nitrogen and oxygen atoms in total. The molecule has 0 spiro atoms. The van der Waals surface area contributed by atoms with Crippen molar-refractivity contribution in [2.75, 3.05) is 0 Å². The topological polar surface area (TPSA) is 30.7 Å². The fourth-order valence-corrected chi connectivity index (χ4v) is 3.28. The van der Waals surface area contributed by atoms with Gasteiger partial charge >= 0.3 is 0 Å². The van der Waals surface area contributed by atoms with Gasteiger partial charge in [0, 0.05) is 17.1 Å². The standard InChI is InChI=1S/C23H23N3/c1-4-16(2)18-9-11-20(12-10-18)26-15-19(14-24-26)23-13-17(3)21-7-5-6-8-22(21)25-23/h5-16H,4H2,1-3H3. The first-order chi connectivity index (χ1) is 12.7. The van der Waals surface area contributed by atoms with Gasteiger partial charge in [0.05, 0.1) is 23.1 Å². The van der Waals surface area contributed by atoms with Crippen LogP contribution >= 0.6 is 0 Å². The highest BCUT2D eigenvalue weighted by Gasteiger charge is 2.09. The second-order valence-electron chi connectivity index (χ2n) is 6.92. The SMILES string of the molecule is CCC(C)c1ccc(-n2cc(-c3cc(C)c4ccccc4n3)cn2)cc1. The fourth-order valence-electron chi connectivity index (χ4n) is 3.28. The van der Waals surface area contributed by atoms with Crippen molar-refractivity contribution < 1.29 is 0 Å². The van der Waals surface area contributed by atoms with Gasteiger partial charge in [-0.15, -0.1) is 0 Å². The zero-order valence-corrected chi connectivity index (χ0v) is 15.5. The number of fused-ring (bicyclic) bond motifs is 1. The summed E-state index contributed by atoms with van der Waals surface area (Å²) in [5.41, 5.74) is 6.69. The molecule has 3 heteroatoms. The van der Waals surface area contributed by atoms with E-state index >= 15 is 0 Å². The second-order valence-corrected chi connectivity index (χ2v) is 6.92. The minimum absolute atomic E-state index is 0.585. The third kappa shape index (κ3) is 3.01. The van der Waals surface area contributed by atoms with Crippen LogP contribution in [-0.2, 0) is 0 Å². The Balaban J connectivity index is 1.68. The Hall–Kier alpha value is -2.94. The van der Waals surface area contributed by atoms with E-state index in [1.165, 1.54) is 16.5 Å². The van der Waals surface area contributed by atoms with Gasteiger partial charge in [-0.3, -0.25) is 0 Å². The molecule has 0 aliphatic heterocycles. The summed E-state index contributed by atoms with van der Waals surface area (Å²) in [6, 6.07) is 19.1. The molecule has 130 valence electrons. The molecule has 1 unspecified atom stereocenters. The van der Waals surface area contributed by atoms with E-state index < -0.39 is 0 Å². The Labute approximate surface area is 154 Å². The molecule has 0 saturated carbocycles. The smallest absolute Gasteiger partial charge is 0.0744 e. The minimum Gasteiger partial charge on any atom is -0.248 e. The molecule has 0 fully saturated rings. The predicted molar refractivity (Wildman–Crippen MR) is 108 cm³/mol. The first-order valence-corrected chi connectivity index (χ1v) is 9.17. The van der Waals surface area contributed by atoms with Crippen molar-refractivity contribution in [3.8, 4) is 16.9 Å². The van der Waals surface area contributed by atoms with Crippen LogP contribution in [0.2, 0.25) is 0 Å². The summed E-state index contributed by atoms with van der Waals surface area (Å²) in [5.74, 6) is 0.585. The van der Waals surface area contributed by atoms with E-state index in [1.54, 1.807) is 0 Å². The lowest BCUT2D eigenvalue weighted by molar-refractivity contribution is 0.732. The Morgan fingerprint density at radius 3 is 2.58 bits per heavy atom. The summed E-state index contributed by atoms with van der Waals surface area (Å²) in [6.45, 7) is 6.61. The molecule has 2 aromatic carbocycles. The lowest BCUT2D eigenvalue weighted by Gasteiger charge is -2.09. The van der Waals surface area contributed by atoms with Gasteiger partial charge < -0.3 is 0 Å². The number of pyridine rings is 1.